The van der Waals surface area contributed by atoms with E-state index in [-0.39, 0.29) is 23.0 Å². The van der Waals surface area contributed by atoms with Crippen LogP contribution < -0.4 is 20.9 Å². The van der Waals surface area contributed by atoms with Gasteiger partial charge >= 0.3 is 0 Å². The first-order valence-electron chi connectivity index (χ1n) is 16.5. The van der Waals surface area contributed by atoms with Crippen LogP contribution in [0.1, 0.15) is 49.3 Å². The van der Waals surface area contributed by atoms with Crippen molar-refractivity contribution in [3.63, 3.8) is 0 Å². The number of fused-ring (bicyclic) bond motifs is 2. The molecule has 0 saturated carbocycles. The van der Waals surface area contributed by atoms with Gasteiger partial charge in [-0.2, -0.15) is 5.10 Å². The van der Waals surface area contributed by atoms with E-state index >= 15 is 0 Å². The molecule has 2 fully saturated rings. The van der Waals surface area contributed by atoms with Crippen molar-refractivity contribution in [2.75, 3.05) is 25.5 Å². The lowest BCUT2D eigenvalue weighted by Crippen LogP contribution is -2.53. The summed E-state index contributed by atoms with van der Waals surface area (Å²) in [7, 11) is 3.27. The molecule has 0 bridgehead atoms. The van der Waals surface area contributed by atoms with Gasteiger partial charge in [-0.1, -0.05) is 53.5 Å². The molecule has 2 aliphatic heterocycles. The summed E-state index contributed by atoms with van der Waals surface area (Å²) >= 11 is 14.2. The van der Waals surface area contributed by atoms with Gasteiger partial charge in [0, 0.05) is 66.4 Å². The van der Waals surface area contributed by atoms with Crippen molar-refractivity contribution >= 4 is 51.4 Å². The smallest absolute Gasteiger partial charge is 0.278 e. The lowest BCUT2D eigenvalue weighted by molar-refractivity contribution is -0.125. The number of amides is 1. The number of methoxy groups -OCH3 is 1. The van der Waals surface area contributed by atoms with Gasteiger partial charge < -0.3 is 15.4 Å². The lowest BCUT2D eigenvalue weighted by atomic mass is 9.88. The summed E-state index contributed by atoms with van der Waals surface area (Å²) in [6.45, 7) is 1.78. The molecule has 2 unspecified atom stereocenters. The van der Waals surface area contributed by atoms with E-state index in [0.29, 0.717) is 44.6 Å². The number of rotatable bonds is 6. The Morgan fingerprint density at radius 1 is 1.02 bits per heavy atom. The predicted octanol–water partition coefficient (Wildman–Crippen LogP) is 6.85. The second kappa shape index (κ2) is 12.4. The van der Waals surface area contributed by atoms with Gasteiger partial charge in [0.2, 0.25) is 11.8 Å². The number of carbonyl (C=O) groups is 1. The molecule has 10 nitrogen and oxygen atoms in total. The van der Waals surface area contributed by atoms with Crippen LogP contribution in [-0.4, -0.2) is 56.3 Å². The summed E-state index contributed by atoms with van der Waals surface area (Å²) in [5.41, 5.74) is 5.50. The Morgan fingerprint density at radius 2 is 1.82 bits per heavy atom. The average molecular weight is 697 g/mol. The molecule has 0 radical (unpaired) electrons. The maximum absolute atomic E-state index is 12.9. The zero-order chi connectivity index (χ0) is 33.9. The minimum Gasteiger partial charge on any atom is -0.481 e. The largest absolute Gasteiger partial charge is 0.481 e. The lowest BCUT2D eigenvalue weighted by Gasteiger charge is -2.35. The number of halogens is 2. The van der Waals surface area contributed by atoms with Crippen molar-refractivity contribution in [1.29, 1.82) is 0 Å². The van der Waals surface area contributed by atoms with Gasteiger partial charge in [-0.25, -0.2) is 14.6 Å². The highest BCUT2D eigenvalue weighted by molar-refractivity contribution is 6.39. The van der Waals surface area contributed by atoms with Crippen LogP contribution in [0.3, 0.4) is 0 Å². The van der Waals surface area contributed by atoms with Gasteiger partial charge in [0.25, 0.3) is 5.56 Å². The Morgan fingerprint density at radius 3 is 2.63 bits per heavy atom. The van der Waals surface area contributed by atoms with E-state index in [1.165, 1.54) is 10.2 Å². The van der Waals surface area contributed by atoms with E-state index in [1.807, 2.05) is 36.4 Å². The Hall–Kier alpha value is -4.51. The number of nitrogens with one attached hydrogen (secondary N) is 2. The Bertz CT molecular complexity index is 2210. The normalized spacial score (nSPS) is 20.5. The highest BCUT2D eigenvalue weighted by Gasteiger charge is 2.45. The van der Waals surface area contributed by atoms with Gasteiger partial charge in [-0.05, 0) is 55.9 Å². The molecule has 2 aromatic carbocycles. The minimum atomic E-state index is -0.262. The molecule has 2 N–H and O–H groups in total. The number of carbonyl (C=O) groups excluding carboxylic acids is 1. The predicted molar refractivity (Wildman–Crippen MR) is 192 cm³/mol. The maximum atomic E-state index is 12.9. The molecule has 5 heterocycles. The molecule has 2 atom stereocenters. The van der Waals surface area contributed by atoms with Crippen LogP contribution in [0.15, 0.2) is 65.7 Å². The summed E-state index contributed by atoms with van der Waals surface area (Å²) in [4.78, 5) is 37.1. The number of ether oxygens (including phenoxy) is 1. The maximum Gasteiger partial charge on any atom is 0.278 e. The van der Waals surface area contributed by atoms with E-state index in [1.54, 1.807) is 32.6 Å². The molecule has 5 aromatic rings. The van der Waals surface area contributed by atoms with Crippen molar-refractivity contribution in [2.45, 2.75) is 50.1 Å². The first-order valence-corrected chi connectivity index (χ1v) is 17.3. The number of piperidine rings is 1. The Kier molecular flexibility index (Phi) is 8.05. The number of hydrogen-bond donors (Lipinski definition) is 2. The topological polar surface area (TPSA) is 114 Å². The Balaban J connectivity index is 1.11. The molecular weight excluding hydrogens is 661 g/mol. The van der Waals surface area contributed by atoms with E-state index in [0.717, 1.165) is 73.1 Å². The fraction of sp³-hybridized carbons (Fsp3) is 0.324. The van der Waals surface area contributed by atoms with Crippen LogP contribution >= 0.6 is 23.2 Å². The minimum absolute atomic E-state index is 0.124. The quantitative estimate of drug-likeness (QED) is 0.198. The molecular formula is C37H35Cl2N7O3. The number of anilines is 2. The number of benzene rings is 2. The van der Waals surface area contributed by atoms with Crippen molar-refractivity contribution in [1.82, 2.24) is 30.0 Å². The molecule has 3 aliphatic rings. The van der Waals surface area contributed by atoms with Crippen LogP contribution in [0, 0.1) is 0 Å². The van der Waals surface area contributed by atoms with Gasteiger partial charge in [0.1, 0.15) is 5.82 Å². The molecule has 12 heteroatoms. The van der Waals surface area contributed by atoms with Crippen LogP contribution in [0.4, 0.5) is 11.5 Å². The van der Waals surface area contributed by atoms with Crippen LogP contribution in [-0.2, 0) is 18.3 Å². The van der Waals surface area contributed by atoms with Crippen LogP contribution in [0.5, 0.6) is 5.88 Å². The molecule has 3 aromatic heterocycles. The molecule has 1 spiro atoms. The summed E-state index contributed by atoms with van der Waals surface area (Å²) in [5.74, 6) is 1.16. The fourth-order valence-corrected chi connectivity index (χ4v) is 8.49. The molecule has 250 valence electrons. The van der Waals surface area contributed by atoms with Gasteiger partial charge in [0.15, 0.2) is 0 Å². The third-order valence-electron chi connectivity index (χ3n) is 10.3. The number of hydrogen-bond acceptors (Lipinski definition) is 8. The van der Waals surface area contributed by atoms with Gasteiger partial charge in [0.05, 0.1) is 45.7 Å². The number of pyridine rings is 2. The molecule has 1 aliphatic carbocycles. The number of nitrogens with zero attached hydrogens (tertiary/aromatic N) is 5. The van der Waals surface area contributed by atoms with Crippen molar-refractivity contribution < 1.29 is 9.53 Å². The summed E-state index contributed by atoms with van der Waals surface area (Å²) < 4.78 is 7.22. The second-order valence-electron chi connectivity index (χ2n) is 13.2. The summed E-state index contributed by atoms with van der Waals surface area (Å²) in [6.07, 6.45) is 8.69. The summed E-state index contributed by atoms with van der Waals surface area (Å²) in [5, 5.41) is 12.7. The van der Waals surface area contributed by atoms with Crippen molar-refractivity contribution in [2.24, 2.45) is 7.05 Å². The molecule has 1 amide bonds. The molecule has 49 heavy (non-hydrogen) atoms. The molecule has 2 saturated heterocycles. The first kappa shape index (κ1) is 31.7. The fourth-order valence-electron chi connectivity index (χ4n) is 7.89. The number of aryl methyl sites for hydroxylation is 2. The number of aromatic nitrogens is 4. The van der Waals surface area contributed by atoms with Crippen molar-refractivity contribution in [3.8, 4) is 28.3 Å². The second-order valence-corrected chi connectivity index (χ2v) is 14.0. The van der Waals surface area contributed by atoms with Crippen molar-refractivity contribution in [3.05, 3.63) is 92.5 Å². The monoisotopic (exact) mass is 695 g/mol. The SMILES string of the molecule is COc1nc(-c2cccc(-c3cccc(Nc4nccc5cnn(C)c(=O)c45)c3Cl)c2Cl)cc2c1C(N1CCC3(CCCC(=O)N3)C1)CC2. The highest BCUT2D eigenvalue weighted by Crippen LogP contribution is 2.47. The zero-order valence-corrected chi connectivity index (χ0v) is 28.7. The van der Waals surface area contributed by atoms with Crippen LogP contribution in [0.25, 0.3) is 33.2 Å². The summed E-state index contributed by atoms with van der Waals surface area (Å²) in [6, 6.07) is 15.6. The van der Waals surface area contributed by atoms with Gasteiger partial charge in [-0.15, -0.1) is 0 Å². The van der Waals surface area contributed by atoms with Gasteiger partial charge in [-0.3, -0.25) is 14.5 Å². The third-order valence-corrected chi connectivity index (χ3v) is 11.1. The van der Waals surface area contributed by atoms with Crippen LogP contribution in [0.2, 0.25) is 10.0 Å². The number of likely N-dealkylation sites (tertiary alicyclic amines) is 1. The van der Waals surface area contributed by atoms with E-state index in [4.69, 9.17) is 32.9 Å². The van der Waals surface area contributed by atoms with E-state index in [2.05, 4.69) is 31.7 Å². The average Bonchev–Trinajstić information content (AvgIpc) is 3.71. The third kappa shape index (κ3) is 5.52. The standard InChI is InChI=1S/C37H35Cl2N7O3/c1-45-36(48)31-22(19-41-45)13-16-40-34(31)42-26-9-4-7-24(33(26)39)23-6-3-8-25(32(23)38)27-18-21-11-12-28(30(21)35(43-27)49-2)46-17-15-37(20-46)14-5-10-29(47)44-37/h3-4,6-9,13,16,18-19,28H,5,10-12,14-15,17,20H2,1-2H3,(H,40,42)(H,44,47). The van der Waals surface area contributed by atoms with E-state index in [9.17, 15) is 9.59 Å². The zero-order valence-electron chi connectivity index (χ0n) is 27.2. The van der Waals surface area contributed by atoms with E-state index < -0.39 is 0 Å². The first-order chi connectivity index (χ1) is 23.7. The Labute approximate surface area is 293 Å². The molecule has 8 rings (SSSR count). The highest BCUT2D eigenvalue weighted by atomic mass is 35.5.